The molecule has 1 aromatic carbocycles. The van der Waals surface area contributed by atoms with E-state index in [1.807, 2.05) is 0 Å². The molecule has 0 bridgehead atoms. The van der Waals surface area contributed by atoms with Crippen LogP contribution in [0.5, 0.6) is 0 Å². The molecule has 0 radical (unpaired) electrons. The summed E-state index contributed by atoms with van der Waals surface area (Å²) in [7, 11) is 1.48. The molecule has 0 spiro atoms. The van der Waals surface area contributed by atoms with E-state index in [-0.39, 0.29) is 42.4 Å². The van der Waals surface area contributed by atoms with E-state index in [4.69, 9.17) is 22.1 Å². The zero-order valence-corrected chi connectivity index (χ0v) is 11.4. The molecule has 0 saturated heterocycles. The maximum atomic E-state index is 13.1. The fraction of sp³-hybridized carbons (Fsp3) is 0.364. The minimum absolute atomic E-state index is 0. The van der Waals surface area contributed by atoms with Crippen molar-refractivity contribution in [2.75, 3.05) is 19.0 Å². The molecule has 0 heterocycles. The van der Waals surface area contributed by atoms with Gasteiger partial charge >= 0.3 is 0 Å². The van der Waals surface area contributed by atoms with Crippen molar-refractivity contribution < 1.29 is 13.9 Å². The third-order valence-electron chi connectivity index (χ3n) is 2.21. The number of benzene rings is 1. The van der Waals surface area contributed by atoms with Gasteiger partial charge in [-0.15, -0.1) is 12.4 Å². The van der Waals surface area contributed by atoms with Crippen LogP contribution < -0.4 is 11.1 Å². The number of carbonyl (C=O) groups is 1. The Morgan fingerprint density at radius 3 is 2.78 bits per heavy atom. The van der Waals surface area contributed by atoms with Crippen molar-refractivity contribution >= 4 is 35.6 Å². The third-order valence-corrected chi connectivity index (χ3v) is 2.52. The SMILES string of the molecule is COC(CN)CC(=O)Nc1ccc(Cl)c(F)c1.Cl. The summed E-state index contributed by atoms with van der Waals surface area (Å²) < 4.78 is 18.1. The number of hydrogen-bond donors (Lipinski definition) is 2. The first-order valence-electron chi connectivity index (χ1n) is 5.04. The quantitative estimate of drug-likeness (QED) is 0.875. The molecule has 1 rings (SSSR count). The number of rotatable bonds is 5. The van der Waals surface area contributed by atoms with Gasteiger partial charge in [-0.2, -0.15) is 0 Å². The Morgan fingerprint density at radius 2 is 2.28 bits per heavy atom. The van der Waals surface area contributed by atoms with Gasteiger partial charge in [-0.1, -0.05) is 11.6 Å². The fourth-order valence-electron chi connectivity index (χ4n) is 1.26. The van der Waals surface area contributed by atoms with Gasteiger partial charge in [-0.05, 0) is 18.2 Å². The number of carbonyl (C=O) groups excluding carboxylic acids is 1. The normalized spacial score (nSPS) is 11.6. The lowest BCUT2D eigenvalue weighted by molar-refractivity contribution is -0.118. The highest BCUT2D eigenvalue weighted by molar-refractivity contribution is 6.30. The molecule has 1 atom stereocenters. The molecule has 0 aliphatic heterocycles. The van der Waals surface area contributed by atoms with Crippen molar-refractivity contribution in [1.29, 1.82) is 0 Å². The van der Waals surface area contributed by atoms with Crippen molar-refractivity contribution in [3.8, 4) is 0 Å². The average Bonchev–Trinajstić information content (AvgIpc) is 2.31. The smallest absolute Gasteiger partial charge is 0.227 e. The number of nitrogens with one attached hydrogen (secondary N) is 1. The summed E-state index contributed by atoms with van der Waals surface area (Å²) in [4.78, 5) is 11.5. The third kappa shape index (κ3) is 5.18. The second-order valence-electron chi connectivity index (χ2n) is 3.47. The number of amides is 1. The van der Waals surface area contributed by atoms with Crippen LogP contribution in [0.3, 0.4) is 0 Å². The van der Waals surface area contributed by atoms with E-state index in [0.717, 1.165) is 6.07 Å². The molecule has 0 fully saturated rings. The number of halogens is 3. The second-order valence-corrected chi connectivity index (χ2v) is 3.88. The van der Waals surface area contributed by atoms with Crippen LogP contribution in [0.2, 0.25) is 5.02 Å². The molecule has 18 heavy (non-hydrogen) atoms. The van der Waals surface area contributed by atoms with E-state index in [1.54, 1.807) is 0 Å². The van der Waals surface area contributed by atoms with E-state index in [9.17, 15) is 9.18 Å². The van der Waals surface area contributed by atoms with Crippen LogP contribution in [0.15, 0.2) is 18.2 Å². The van der Waals surface area contributed by atoms with Gasteiger partial charge in [0.1, 0.15) is 5.82 Å². The maximum absolute atomic E-state index is 13.1. The lowest BCUT2D eigenvalue weighted by atomic mass is 10.2. The Morgan fingerprint density at radius 1 is 1.61 bits per heavy atom. The van der Waals surface area contributed by atoms with Crippen molar-refractivity contribution in [3.63, 3.8) is 0 Å². The molecule has 102 valence electrons. The molecule has 0 saturated carbocycles. The second kappa shape index (κ2) is 8.26. The summed E-state index contributed by atoms with van der Waals surface area (Å²) in [5.41, 5.74) is 5.74. The van der Waals surface area contributed by atoms with Gasteiger partial charge in [-0.3, -0.25) is 4.79 Å². The topological polar surface area (TPSA) is 64.3 Å². The van der Waals surface area contributed by atoms with Crippen molar-refractivity contribution in [1.82, 2.24) is 0 Å². The van der Waals surface area contributed by atoms with Crippen molar-refractivity contribution in [3.05, 3.63) is 29.0 Å². The summed E-state index contributed by atoms with van der Waals surface area (Å²) in [6.45, 7) is 0.249. The van der Waals surface area contributed by atoms with Gasteiger partial charge in [0.25, 0.3) is 0 Å². The highest BCUT2D eigenvalue weighted by atomic mass is 35.5. The van der Waals surface area contributed by atoms with Crippen molar-refractivity contribution in [2.24, 2.45) is 5.73 Å². The molecular formula is C11H15Cl2FN2O2. The van der Waals surface area contributed by atoms with Crippen LogP contribution in [0.25, 0.3) is 0 Å². The number of nitrogens with two attached hydrogens (primary N) is 1. The molecule has 7 heteroatoms. The Hall–Kier alpha value is -0.880. The Labute approximate surface area is 116 Å². The van der Waals surface area contributed by atoms with Crippen LogP contribution in [0.1, 0.15) is 6.42 Å². The van der Waals surface area contributed by atoms with E-state index >= 15 is 0 Å². The predicted octanol–water partition coefficient (Wildman–Crippen LogP) is 2.20. The number of ether oxygens (including phenoxy) is 1. The summed E-state index contributed by atoms with van der Waals surface area (Å²) in [5.74, 6) is -0.865. The largest absolute Gasteiger partial charge is 0.380 e. The van der Waals surface area contributed by atoms with Gasteiger partial charge in [0.05, 0.1) is 17.5 Å². The van der Waals surface area contributed by atoms with Gasteiger partial charge in [0, 0.05) is 19.3 Å². The standard InChI is InChI=1S/C11H14ClFN2O2.ClH/c1-17-8(6-14)5-11(16)15-7-2-3-9(12)10(13)4-7;/h2-4,8H,5-6,14H2,1H3,(H,15,16);1H. The zero-order valence-electron chi connectivity index (χ0n) is 9.78. The lowest BCUT2D eigenvalue weighted by Gasteiger charge is -2.12. The Balaban J connectivity index is 0.00000289. The highest BCUT2D eigenvalue weighted by Crippen LogP contribution is 2.18. The molecular weight excluding hydrogens is 282 g/mol. The van der Waals surface area contributed by atoms with Gasteiger partial charge < -0.3 is 15.8 Å². The summed E-state index contributed by atoms with van der Waals surface area (Å²) in [5, 5.41) is 2.55. The molecule has 1 amide bonds. The summed E-state index contributed by atoms with van der Waals surface area (Å²) in [6, 6.07) is 4.06. The molecule has 1 aromatic rings. The number of methoxy groups -OCH3 is 1. The van der Waals surface area contributed by atoms with Crippen LogP contribution in [-0.2, 0) is 9.53 Å². The van der Waals surface area contributed by atoms with Crippen LogP contribution in [0, 0.1) is 5.82 Å². The Bertz CT molecular complexity index is 401. The first kappa shape index (κ1) is 17.1. The van der Waals surface area contributed by atoms with Crippen LogP contribution in [0.4, 0.5) is 10.1 Å². The van der Waals surface area contributed by atoms with E-state index in [2.05, 4.69) is 5.32 Å². The fourth-order valence-corrected chi connectivity index (χ4v) is 1.37. The molecule has 0 aliphatic carbocycles. The maximum Gasteiger partial charge on any atom is 0.227 e. The van der Waals surface area contributed by atoms with Crippen LogP contribution in [-0.4, -0.2) is 25.7 Å². The zero-order chi connectivity index (χ0) is 12.8. The monoisotopic (exact) mass is 296 g/mol. The minimum Gasteiger partial charge on any atom is -0.380 e. The number of hydrogen-bond acceptors (Lipinski definition) is 3. The van der Waals surface area contributed by atoms with E-state index in [1.165, 1.54) is 19.2 Å². The van der Waals surface area contributed by atoms with Gasteiger partial charge in [-0.25, -0.2) is 4.39 Å². The molecule has 3 N–H and O–H groups in total. The summed E-state index contributed by atoms with van der Waals surface area (Å²) >= 11 is 5.52. The predicted molar refractivity (Wildman–Crippen MR) is 71.8 cm³/mol. The average molecular weight is 297 g/mol. The van der Waals surface area contributed by atoms with Crippen LogP contribution >= 0.6 is 24.0 Å². The molecule has 0 aromatic heterocycles. The highest BCUT2D eigenvalue weighted by Gasteiger charge is 2.12. The number of anilines is 1. The Kier molecular flexibility index (Phi) is 7.86. The molecule has 1 unspecified atom stereocenters. The van der Waals surface area contributed by atoms with E-state index in [0.29, 0.717) is 5.69 Å². The van der Waals surface area contributed by atoms with Crippen molar-refractivity contribution in [2.45, 2.75) is 12.5 Å². The lowest BCUT2D eigenvalue weighted by Crippen LogP contribution is -2.28. The molecule has 0 aliphatic rings. The first-order chi connectivity index (χ1) is 8.06. The minimum atomic E-state index is -0.577. The van der Waals surface area contributed by atoms with Gasteiger partial charge in [0.2, 0.25) is 5.91 Å². The van der Waals surface area contributed by atoms with Gasteiger partial charge in [0.15, 0.2) is 0 Å². The summed E-state index contributed by atoms with van der Waals surface area (Å²) in [6.07, 6.45) is -0.218. The first-order valence-corrected chi connectivity index (χ1v) is 5.42. The molecule has 4 nitrogen and oxygen atoms in total. The van der Waals surface area contributed by atoms with E-state index < -0.39 is 5.82 Å².